The van der Waals surface area contributed by atoms with Crippen LogP contribution in [0.4, 0.5) is 11.4 Å². The lowest BCUT2D eigenvalue weighted by molar-refractivity contribution is 0.0658. The predicted octanol–water partition coefficient (Wildman–Crippen LogP) is 2.00. The number of hydrogen-bond donors (Lipinski definition) is 3. The van der Waals surface area contributed by atoms with Gasteiger partial charge in [0.2, 0.25) is 0 Å². The Kier molecular flexibility index (Phi) is 5.24. The predicted molar refractivity (Wildman–Crippen MR) is 80.9 cm³/mol. The summed E-state index contributed by atoms with van der Waals surface area (Å²) in [5.74, 6) is -0.121. The standard InChI is InChI=1S/C15H23N3O2/c1-17-15(19)13-7-6-11(16)10-14(13)18-8-9-20-12-4-2-3-5-12/h6-7,10,12,18H,2-5,8-9,16H2,1H3,(H,17,19). The van der Waals surface area contributed by atoms with Gasteiger partial charge >= 0.3 is 0 Å². The fourth-order valence-electron chi connectivity index (χ4n) is 2.51. The maximum Gasteiger partial charge on any atom is 0.253 e. The molecule has 0 heterocycles. The third-order valence-corrected chi connectivity index (χ3v) is 3.59. The van der Waals surface area contributed by atoms with Crippen molar-refractivity contribution in [1.29, 1.82) is 0 Å². The Morgan fingerprint density at radius 1 is 1.40 bits per heavy atom. The van der Waals surface area contributed by atoms with Gasteiger partial charge in [0.1, 0.15) is 0 Å². The fourth-order valence-corrected chi connectivity index (χ4v) is 2.51. The lowest BCUT2D eigenvalue weighted by atomic mass is 10.1. The summed E-state index contributed by atoms with van der Waals surface area (Å²) >= 11 is 0. The number of ether oxygens (including phenoxy) is 1. The number of anilines is 2. The van der Waals surface area contributed by atoms with E-state index in [0.29, 0.717) is 30.5 Å². The van der Waals surface area contributed by atoms with Crippen molar-refractivity contribution in [3.05, 3.63) is 23.8 Å². The van der Waals surface area contributed by atoms with E-state index < -0.39 is 0 Å². The molecule has 4 N–H and O–H groups in total. The molecular formula is C15H23N3O2. The number of benzene rings is 1. The van der Waals surface area contributed by atoms with Gasteiger partial charge in [0.25, 0.3) is 5.91 Å². The first kappa shape index (κ1) is 14.7. The van der Waals surface area contributed by atoms with Crippen LogP contribution in [0, 0.1) is 0 Å². The second-order valence-electron chi connectivity index (χ2n) is 5.09. The van der Waals surface area contributed by atoms with E-state index in [1.54, 1.807) is 25.2 Å². The fraction of sp³-hybridized carbons (Fsp3) is 0.533. The highest BCUT2D eigenvalue weighted by Gasteiger charge is 2.15. The Bertz CT molecular complexity index is 456. The highest BCUT2D eigenvalue weighted by Crippen LogP contribution is 2.21. The van der Waals surface area contributed by atoms with Gasteiger partial charge in [0.15, 0.2) is 0 Å². The highest BCUT2D eigenvalue weighted by molar-refractivity contribution is 6.00. The summed E-state index contributed by atoms with van der Waals surface area (Å²) in [6, 6.07) is 5.24. The summed E-state index contributed by atoms with van der Waals surface area (Å²) in [5, 5.41) is 5.85. The Morgan fingerprint density at radius 2 is 2.15 bits per heavy atom. The number of carbonyl (C=O) groups excluding carboxylic acids is 1. The van der Waals surface area contributed by atoms with Gasteiger partial charge in [0.05, 0.1) is 18.3 Å². The van der Waals surface area contributed by atoms with Crippen molar-refractivity contribution in [1.82, 2.24) is 5.32 Å². The number of amides is 1. The van der Waals surface area contributed by atoms with Crippen LogP contribution in [-0.2, 0) is 4.74 Å². The molecule has 1 aliphatic carbocycles. The molecule has 1 aromatic rings. The summed E-state index contributed by atoms with van der Waals surface area (Å²) < 4.78 is 5.79. The molecule has 1 aliphatic rings. The van der Waals surface area contributed by atoms with Crippen LogP contribution in [0.5, 0.6) is 0 Å². The number of nitrogens with one attached hydrogen (secondary N) is 2. The van der Waals surface area contributed by atoms with Crippen LogP contribution in [0.1, 0.15) is 36.0 Å². The molecule has 0 unspecified atom stereocenters. The molecular weight excluding hydrogens is 254 g/mol. The minimum absolute atomic E-state index is 0.121. The topological polar surface area (TPSA) is 76.4 Å². The Labute approximate surface area is 119 Å². The number of rotatable bonds is 6. The van der Waals surface area contributed by atoms with E-state index in [2.05, 4.69) is 10.6 Å². The van der Waals surface area contributed by atoms with Crippen LogP contribution in [-0.4, -0.2) is 32.2 Å². The zero-order valence-electron chi connectivity index (χ0n) is 11.9. The first-order valence-corrected chi connectivity index (χ1v) is 7.18. The zero-order valence-corrected chi connectivity index (χ0v) is 11.9. The molecule has 110 valence electrons. The van der Waals surface area contributed by atoms with Gasteiger partial charge in [-0.2, -0.15) is 0 Å². The Hall–Kier alpha value is -1.75. The normalized spacial score (nSPS) is 15.2. The van der Waals surface area contributed by atoms with E-state index in [0.717, 1.165) is 5.69 Å². The largest absolute Gasteiger partial charge is 0.399 e. The number of nitrogen functional groups attached to an aromatic ring is 1. The molecule has 1 amide bonds. The van der Waals surface area contributed by atoms with Crippen LogP contribution in [0.25, 0.3) is 0 Å². The summed E-state index contributed by atoms with van der Waals surface area (Å²) in [4.78, 5) is 11.8. The lowest BCUT2D eigenvalue weighted by Crippen LogP contribution is -2.21. The number of carbonyl (C=O) groups is 1. The third-order valence-electron chi connectivity index (χ3n) is 3.59. The van der Waals surface area contributed by atoms with Gasteiger partial charge in [0, 0.05) is 25.0 Å². The average molecular weight is 277 g/mol. The van der Waals surface area contributed by atoms with Crippen molar-refractivity contribution < 1.29 is 9.53 Å². The monoisotopic (exact) mass is 277 g/mol. The zero-order chi connectivity index (χ0) is 14.4. The van der Waals surface area contributed by atoms with Gasteiger partial charge in [-0.05, 0) is 31.0 Å². The quantitative estimate of drug-likeness (QED) is 0.549. The number of hydrogen-bond acceptors (Lipinski definition) is 4. The molecule has 0 aromatic heterocycles. The van der Waals surface area contributed by atoms with Crippen LogP contribution in [0.15, 0.2) is 18.2 Å². The minimum Gasteiger partial charge on any atom is -0.399 e. The van der Waals surface area contributed by atoms with Crippen molar-refractivity contribution in [3.63, 3.8) is 0 Å². The molecule has 2 rings (SSSR count). The lowest BCUT2D eigenvalue weighted by Gasteiger charge is -2.14. The van der Waals surface area contributed by atoms with Gasteiger partial charge < -0.3 is 21.1 Å². The van der Waals surface area contributed by atoms with E-state index in [1.807, 2.05) is 0 Å². The molecule has 0 atom stereocenters. The second kappa shape index (κ2) is 7.14. The smallest absolute Gasteiger partial charge is 0.253 e. The summed E-state index contributed by atoms with van der Waals surface area (Å²) in [6.45, 7) is 1.32. The van der Waals surface area contributed by atoms with Gasteiger partial charge in [-0.1, -0.05) is 12.8 Å². The van der Waals surface area contributed by atoms with Crippen molar-refractivity contribution >= 4 is 17.3 Å². The maximum absolute atomic E-state index is 11.8. The summed E-state index contributed by atoms with van der Waals surface area (Å²) in [7, 11) is 1.62. The second-order valence-corrected chi connectivity index (χ2v) is 5.09. The first-order chi connectivity index (χ1) is 9.70. The van der Waals surface area contributed by atoms with E-state index in [4.69, 9.17) is 10.5 Å². The highest BCUT2D eigenvalue weighted by atomic mass is 16.5. The molecule has 5 heteroatoms. The Morgan fingerprint density at radius 3 is 2.85 bits per heavy atom. The molecule has 5 nitrogen and oxygen atoms in total. The van der Waals surface area contributed by atoms with Crippen molar-refractivity contribution in [2.24, 2.45) is 0 Å². The van der Waals surface area contributed by atoms with Crippen LogP contribution < -0.4 is 16.4 Å². The Balaban J connectivity index is 1.87. The molecule has 0 spiro atoms. The molecule has 1 fully saturated rings. The van der Waals surface area contributed by atoms with Gasteiger partial charge in [-0.3, -0.25) is 4.79 Å². The van der Waals surface area contributed by atoms with Crippen molar-refractivity contribution in [2.45, 2.75) is 31.8 Å². The van der Waals surface area contributed by atoms with Crippen molar-refractivity contribution in [2.75, 3.05) is 31.2 Å². The van der Waals surface area contributed by atoms with E-state index in [-0.39, 0.29) is 5.91 Å². The summed E-state index contributed by atoms with van der Waals surface area (Å²) in [5.41, 5.74) is 7.75. The van der Waals surface area contributed by atoms with E-state index in [1.165, 1.54) is 25.7 Å². The van der Waals surface area contributed by atoms with E-state index >= 15 is 0 Å². The molecule has 1 saturated carbocycles. The molecule has 20 heavy (non-hydrogen) atoms. The number of nitrogens with two attached hydrogens (primary N) is 1. The van der Waals surface area contributed by atoms with Gasteiger partial charge in [-0.15, -0.1) is 0 Å². The van der Waals surface area contributed by atoms with Crippen LogP contribution in [0.3, 0.4) is 0 Å². The minimum atomic E-state index is -0.121. The van der Waals surface area contributed by atoms with E-state index in [9.17, 15) is 4.79 Å². The van der Waals surface area contributed by atoms with Gasteiger partial charge in [-0.25, -0.2) is 0 Å². The molecule has 0 saturated heterocycles. The maximum atomic E-state index is 11.8. The van der Waals surface area contributed by atoms with Crippen LogP contribution in [0.2, 0.25) is 0 Å². The third kappa shape index (κ3) is 3.87. The molecule has 0 radical (unpaired) electrons. The molecule has 1 aromatic carbocycles. The SMILES string of the molecule is CNC(=O)c1ccc(N)cc1NCCOC1CCCC1. The summed E-state index contributed by atoms with van der Waals surface area (Å²) in [6.07, 6.45) is 5.29. The average Bonchev–Trinajstić information content (AvgIpc) is 2.96. The van der Waals surface area contributed by atoms with Crippen LogP contribution >= 0.6 is 0 Å². The molecule has 0 bridgehead atoms. The first-order valence-electron chi connectivity index (χ1n) is 7.18. The van der Waals surface area contributed by atoms with Crippen molar-refractivity contribution in [3.8, 4) is 0 Å². The molecule has 0 aliphatic heterocycles.